The molecule has 0 atom stereocenters. The minimum absolute atomic E-state index is 0.181. The molecule has 2 N–H and O–H groups in total. The van der Waals surface area contributed by atoms with E-state index in [4.69, 9.17) is 11.6 Å². The minimum Gasteiger partial charge on any atom is -0.341 e. The lowest BCUT2D eigenvalue weighted by molar-refractivity contribution is -0.115. The summed E-state index contributed by atoms with van der Waals surface area (Å²) in [6.07, 6.45) is 4.73. The number of fused-ring (bicyclic) bond motifs is 1. The normalized spacial score (nSPS) is 18.2. The number of thioether (sulfide) groups is 1. The van der Waals surface area contributed by atoms with E-state index in [-0.39, 0.29) is 10.8 Å². The first-order valence-electron chi connectivity index (χ1n) is 11.3. The van der Waals surface area contributed by atoms with Crippen molar-refractivity contribution in [3.8, 4) is 0 Å². The summed E-state index contributed by atoms with van der Waals surface area (Å²) in [5.74, 6) is 0.287. The van der Waals surface area contributed by atoms with Gasteiger partial charge in [0, 0.05) is 36.2 Å². The molecule has 186 valence electrons. The van der Waals surface area contributed by atoms with E-state index in [1.54, 1.807) is 48.7 Å². The van der Waals surface area contributed by atoms with E-state index in [1.807, 2.05) is 11.0 Å². The molecule has 2 amide bonds. The SMILES string of the molecule is O=C1NC(=O)C(=Cc2ccnc(N3CCC(CNS(=O)(=O)c4ccc5c(Cl)cccc5c4)CC3)n2)S1. The molecular weight excluding hydrogens is 522 g/mol. The molecule has 2 aliphatic heterocycles. The van der Waals surface area contributed by atoms with Gasteiger partial charge in [0.15, 0.2) is 0 Å². The number of aromatic nitrogens is 2. The number of nitrogens with zero attached hydrogens (tertiary/aromatic N) is 3. The number of rotatable bonds is 6. The van der Waals surface area contributed by atoms with E-state index in [9.17, 15) is 18.0 Å². The number of imide groups is 1. The lowest BCUT2D eigenvalue weighted by Gasteiger charge is -2.32. The Morgan fingerprint density at radius 1 is 1.17 bits per heavy atom. The highest BCUT2D eigenvalue weighted by molar-refractivity contribution is 8.18. The Balaban J connectivity index is 1.19. The van der Waals surface area contributed by atoms with Crippen molar-refractivity contribution in [2.75, 3.05) is 24.5 Å². The Bertz CT molecular complexity index is 1490. The van der Waals surface area contributed by atoms with Crippen LogP contribution < -0.4 is 14.9 Å². The molecule has 3 aromatic rings. The van der Waals surface area contributed by atoms with Gasteiger partial charge in [-0.1, -0.05) is 29.8 Å². The molecule has 12 heteroatoms. The fourth-order valence-electron chi connectivity index (χ4n) is 4.19. The van der Waals surface area contributed by atoms with Crippen molar-refractivity contribution in [3.63, 3.8) is 0 Å². The molecule has 5 rings (SSSR count). The lowest BCUT2D eigenvalue weighted by atomic mass is 9.97. The second kappa shape index (κ2) is 10.2. The van der Waals surface area contributed by atoms with Gasteiger partial charge < -0.3 is 4.90 Å². The first kappa shape index (κ1) is 24.7. The molecule has 0 bridgehead atoms. The van der Waals surface area contributed by atoms with Crippen molar-refractivity contribution in [1.82, 2.24) is 20.0 Å². The average molecular weight is 544 g/mol. The number of piperidine rings is 1. The van der Waals surface area contributed by atoms with Gasteiger partial charge in [-0.15, -0.1) is 0 Å². The predicted octanol–water partition coefficient (Wildman–Crippen LogP) is 3.80. The third-order valence-electron chi connectivity index (χ3n) is 6.15. The van der Waals surface area contributed by atoms with Crippen molar-refractivity contribution in [1.29, 1.82) is 0 Å². The van der Waals surface area contributed by atoms with Crippen LogP contribution in [0.25, 0.3) is 16.8 Å². The standard InChI is InChI=1S/C24H22ClN5O4S2/c25-20-3-1-2-16-12-18(4-5-19(16)20)36(33,34)27-14-15-7-10-30(11-8-15)23-26-9-6-17(28-23)13-21-22(31)29-24(32)35-21/h1-6,9,12-13,15,27H,7-8,10-11,14H2,(H,29,31,32). The van der Waals surface area contributed by atoms with Crippen LogP contribution in [0.15, 0.2) is 58.5 Å². The second-order valence-corrected chi connectivity index (χ2v) is 11.7. The summed E-state index contributed by atoms with van der Waals surface area (Å²) in [7, 11) is -3.65. The minimum atomic E-state index is -3.65. The Labute approximate surface area is 217 Å². The molecule has 2 fully saturated rings. The molecule has 2 saturated heterocycles. The molecular formula is C24H22ClN5O4S2. The van der Waals surface area contributed by atoms with Crippen LogP contribution in [0.1, 0.15) is 18.5 Å². The van der Waals surface area contributed by atoms with Crippen LogP contribution in [-0.4, -0.2) is 49.2 Å². The molecule has 9 nitrogen and oxygen atoms in total. The third-order valence-corrected chi connectivity index (χ3v) is 8.72. The maximum atomic E-state index is 12.9. The van der Waals surface area contributed by atoms with Gasteiger partial charge in [0.1, 0.15) is 0 Å². The van der Waals surface area contributed by atoms with Crippen LogP contribution in [0.2, 0.25) is 5.02 Å². The first-order valence-corrected chi connectivity index (χ1v) is 14.0. The van der Waals surface area contributed by atoms with Crippen LogP contribution >= 0.6 is 23.4 Å². The number of hydrogen-bond donors (Lipinski definition) is 2. The maximum absolute atomic E-state index is 12.9. The van der Waals surface area contributed by atoms with Gasteiger partial charge in [0.05, 0.1) is 15.5 Å². The second-order valence-electron chi connectivity index (χ2n) is 8.54. The summed E-state index contributed by atoms with van der Waals surface area (Å²) in [5.41, 5.74) is 0.541. The number of amides is 2. The Morgan fingerprint density at radius 2 is 1.97 bits per heavy atom. The zero-order valence-corrected chi connectivity index (χ0v) is 21.4. The van der Waals surface area contributed by atoms with E-state index in [1.165, 1.54) is 0 Å². The average Bonchev–Trinajstić information content (AvgIpc) is 3.19. The van der Waals surface area contributed by atoms with E-state index < -0.39 is 21.2 Å². The lowest BCUT2D eigenvalue weighted by Crippen LogP contribution is -2.39. The fourth-order valence-corrected chi connectivity index (χ4v) is 6.25. The molecule has 2 aliphatic rings. The number of hydrogen-bond acceptors (Lipinski definition) is 8. The van der Waals surface area contributed by atoms with E-state index >= 15 is 0 Å². The number of halogens is 1. The topological polar surface area (TPSA) is 121 Å². The molecule has 0 unspecified atom stereocenters. The maximum Gasteiger partial charge on any atom is 0.290 e. The first-order chi connectivity index (χ1) is 17.3. The molecule has 3 heterocycles. The molecule has 1 aromatic heterocycles. The van der Waals surface area contributed by atoms with E-state index in [2.05, 4.69) is 20.0 Å². The van der Waals surface area contributed by atoms with E-state index in [0.29, 0.717) is 41.2 Å². The molecule has 36 heavy (non-hydrogen) atoms. The zero-order valence-electron chi connectivity index (χ0n) is 19.0. The van der Waals surface area contributed by atoms with Crippen molar-refractivity contribution >= 4 is 67.3 Å². The summed E-state index contributed by atoms with van der Waals surface area (Å²) in [6.45, 7) is 1.69. The van der Waals surface area contributed by atoms with Crippen LogP contribution in [0, 0.1) is 5.92 Å². The number of anilines is 1. The van der Waals surface area contributed by atoms with Crippen molar-refractivity contribution < 1.29 is 18.0 Å². The van der Waals surface area contributed by atoms with Gasteiger partial charge in [-0.2, -0.15) is 0 Å². The quantitative estimate of drug-likeness (QED) is 0.450. The molecule has 0 saturated carbocycles. The number of sulfonamides is 1. The highest BCUT2D eigenvalue weighted by Crippen LogP contribution is 2.27. The Hall–Kier alpha value is -2.99. The number of carbonyl (C=O) groups is 2. The molecule has 2 aromatic carbocycles. The Morgan fingerprint density at radius 3 is 2.72 bits per heavy atom. The van der Waals surface area contributed by atoms with Gasteiger partial charge >= 0.3 is 0 Å². The van der Waals surface area contributed by atoms with Crippen LogP contribution in [0.5, 0.6) is 0 Å². The zero-order chi connectivity index (χ0) is 25.3. The monoisotopic (exact) mass is 543 g/mol. The highest BCUT2D eigenvalue weighted by atomic mass is 35.5. The molecule has 0 aliphatic carbocycles. The summed E-state index contributed by atoms with van der Waals surface area (Å²) in [5, 5.41) is 3.99. The summed E-state index contributed by atoms with van der Waals surface area (Å²) in [6, 6.07) is 12.0. The third kappa shape index (κ3) is 5.39. The summed E-state index contributed by atoms with van der Waals surface area (Å²) < 4.78 is 28.5. The fraction of sp³-hybridized carbons (Fsp3) is 0.250. The summed E-state index contributed by atoms with van der Waals surface area (Å²) >= 11 is 7.03. The largest absolute Gasteiger partial charge is 0.341 e. The van der Waals surface area contributed by atoms with Gasteiger partial charge in [-0.25, -0.2) is 23.1 Å². The molecule has 0 radical (unpaired) electrons. The highest BCUT2D eigenvalue weighted by Gasteiger charge is 2.26. The van der Waals surface area contributed by atoms with Crippen LogP contribution in [0.3, 0.4) is 0 Å². The summed E-state index contributed by atoms with van der Waals surface area (Å²) in [4.78, 5) is 34.5. The van der Waals surface area contributed by atoms with Crippen LogP contribution in [-0.2, 0) is 14.8 Å². The Kier molecular flexibility index (Phi) is 6.98. The number of nitrogens with one attached hydrogen (secondary N) is 2. The van der Waals surface area contributed by atoms with Gasteiger partial charge in [-0.3, -0.25) is 14.9 Å². The number of carbonyl (C=O) groups excluding carboxylic acids is 2. The van der Waals surface area contributed by atoms with Crippen LogP contribution in [0.4, 0.5) is 10.7 Å². The molecule has 0 spiro atoms. The number of benzene rings is 2. The van der Waals surface area contributed by atoms with E-state index in [0.717, 1.165) is 35.4 Å². The van der Waals surface area contributed by atoms with Crippen molar-refractivity contribution in [3.05, 3.63) is 64.3 Å². The smallest absolute Gasteiger partial charge is 0.290 e. The van der Waals surface area contributed by atoms with Gasteiger partial charge in [0.25, 0.3) is 11.1 Å². The van der Waals surface area contributed by atoms with Gasteiger partial charge in [-0.05, 0) is 66.2 Å². The van der Waals surface area contributed by atoms with Crippen molar-refractivity contribution in [2.24, 2.45) is 5.92 Å². The van der Waals surface area contributed by atoms with Crippen molar-refractivity contribution in [2.45, 2.75) is 17.7 Å². The predicted molar refractivity (Wildman–Crippen MR) is 140 cm³/mol. The van der Waals surface area contributed by atoms with Gasteiger partial charge in [0.2, 0.25) is 16.0 Å².